The molecular formula is C13H21NS. The van der Waals surface area contributed by atoms with Crippen LogP contribution in [0.25, 0.3) is 0 Å². The van der Waals surface area contributed by atoms with Gasteiger partial charge in [0, 0.05) is 17.5 Å². The molecule has 2 rings (SSSR count). The van der Waals surface area contributed by atoms with E-state index in [1.54, 1.807) is 0 Å². The molecule has 1 aromatic rings. The van der Waals surface area contributed by atoms with Gasteiger partial charge in [-0.1, -0.05) is 25.7 Å². The van der Waals surface area contributed by atoms with Crippen molar-refractivity contribution < 1.29 is 0 Å². The number of nitrogens with one attached hydrogen (secondary N) is 1. The smallest absolute Gasteiger partial charge is 0.0304 e. The van der Waals surface area contributed by atoms with Crippen molar-refractivity contribution in [2.24, 2.45) is 0 Å². The summed E-state index contributed by atoms with van der Waals surface area (Å²) in [5.74, 6) is 0. The van der Waals surface area contributed by atoms with Gasteiger partial charge in [0.25, 0.3) is 0 Å². The first-order valence-corrected chi connectivity index (χ1v) is 7.00. The van der Waals surface area contributed by atoms with Gasteiger partial charge in [0.05, 0.1) is 0 Å². The molecule has 1 aliphatic carbocycles. The third-order valence-corrected chi connectivity index (χ3v) is 4.40. The normalized spacial score (nSPS) is 19.0. The maximum absolute atomic E-state index is 3.72. The zero-order chi connectivity index (χ0) is 10.5. The minimum atomic E-state index is 0.772. The SMILES string of the molecule is Cc1ccsc1CNC1CCCCCC1. The van der Waals surface area contributed by atoms with Gasteiger partial charge in [-0.2, -0.15) is 0 Å². The molecule has 1 fully saturated rings. The van der Waals surface area contributed by atoms with Crippen LogP contribution in [0, 0.1) is 6.92 Å². The van der Waals surface area contributed by atoms with Gasteiger partial charge in [0.2, 0.25) is 0 Å². The Morgan fingerprint density at radius 2 is 2.00 bits per heavy atom. The van der Waals surface area contributed by atoms with Gasteiger partial charge in [-0.15, -0.1) is 11.3 Å². The molecule has 15 heavy (non-hydrogen) atoms. The van der Waals surface area contributed by atoms with Crippen LogP contribution in [-0.4, -0.2) is 6.04 Å². The summed E-state index contributed by atoms with van der Waals surface area (Å²) in [6.07, 6.45) is 8.48. The molecule has 1 saturated carbocycles. The van der Waals surface area contributed by atoms with Crippen molar-refractivity contribution in [1.82, 2.24) is 5.32 Å². The average molecular weight is 223 g/mol. The molecule has 0 atom stereocenters. The highest BCUT2D eigenvalue weighted by atomic mass is 32.1. The predicted molar refractivity (Wildman–Crippen MR) is 67.4 cm³/mol. The fourth-order valence-corrected chi connectivity index (χ4v) is 3.16. The van der Waals surface area contributed by atoms with Crippen molar-refractivity contribution in [2.75, 3.05) is 0 Å². The summed E-state index contributed by atoms with van der Waals surface area (Å²) in [7, 11) is 0. The second kappa shape index (κ2) is 5.66. The highest BCUT2D eigenvalue weighted by Gasteiger charge is 2.11. The Bertz CT molecular complexity index is 284. The molecule has 0 unspecified atom stereocenters. The van der Waals surface area contributed by atoms with Crippen LogP contribution in [0.3, 0.4) is 0 Å². The van der Waals surface area contributed by atoms with E-state index >= 15 is 0 Å². The molecule has 0 radical (unpaired) electrons. The minimum Gasteiger partial charge on any atom is -0.309 e. The van der Waals surface area contributed by atoms with Gasteiger partial charge in [-0.3, -0.25) is 0 Å². The van der Waals surface area contributed by atoms with E-state index in [4.69, 9.17) is 0 Å². The van der Waals surface area contributed by atoms with Gasteiger partial charge >= 0.3 is 0 Å². The third-order valence-electron chi connectivity index (χ3n) is 3.37. The van der Waals surface area contributed by atoms with Crippen LogP contribution in [0.15, 0.2) is 11.4 Å². The molecule has 0 amide bonds. The van der Waals surface area contributed by atoms with Crippen LogP contribution in [0.2, 0.25) is 0 Å². The second-order valence-corrected chi connectivity index (χ2v) is 5.60. The van der Waals surface area contributed by atoms with E-state index in [1.807, 2.05) is 11.3 Å². The standard InChI is InChI=1S/C13H21NS/c1-11-8-9-15-13(11)10-14-12-6-4-2-3-5-7-12/h8-9,12,14H,2-7,10H2,1H3. The van der Waals surface area contributed by atoms with Crippen LogP contribution >= 0.6 is 11.3 Å². The van der Waals surface area contributed by atoms with Crippen molar-refractivity contribution in [2.45, 2.75) is 58.0 Å². The highest BCUT2D eigenvalue weighted by Crippen LogP contribution is 2.19. The lowest BCUT2D eigenvalue weighted by molar-refractivity contribution is 0.460. The largest absolute Gasteiger partial charge is 0.309 e. The lowest BCUT2D eigenvalue weighted by Gasteiger charge is -2.15. The molecule has 1 aliphatic rings. The molecular weight excluding hydrogens is 202 g/mol. The van der Waals surface area contributed by atoms with Crippen molar-refractivity contribution >= 4 is 11.3 Å². The Morgan fingerprint density at radius 3 is 2.60 bits per heavy atom. The molecule has 2 heteroatoms. The maximum atomic E-state index is 3.72. The molecule has 1 N–H and O–H groups in total. The monoisotopic (exact) mass is 223 g/mol. The summed E-state index contributed by atoms with van der Waals surface area (Å²) >= 11 is 1.88. The first-order chi connectivity index (χ1) is 7.36. The number of aryl methyl sites for hydroxylation is 1. The summed E-state index contributed by atoms with van der Waals surface area (Å²) in [6, 6.07) is 2.99. The van der Waals surface area contributed by atoms with Crippen LogP contribution in [0.5, 0.6) is 0 Å². The maximum Gasteiger partial charge on any atom is 0.0304 e. The van der Waals surface area contributed by atoms with E-state index in [0.717, 1.165) is 12.6 Å². The Hall–Kier alpha value is -0.340. The van der Waals surface area contributed by atoms with Gasteiger partial charge in [0.1, 0.15) is 0 Å². The summed E-state index contributed by atoms with van der Waals surface area (Å²) in [4.78, 5) is 1.51. The molecule has 0 saturated heterocycles. The number of thiophene rings is 1. The van der Waals surface area contributed by atoms with E-state index in [9.17, 15) is 0 Å². The van der Waals surface area contributed by atoms with Crippen molar-refractivity contribution in [3.63, 3.8) is 0 Å². The van der Waals surface area contributed by atoms with Crippen molar-refractivity contribution in [3.05, 3.63) is 21.9 Å². The van der Waals surface area contributed by atoms with E-state index in [-0.39, 0.29) is 0 Å². The molecule has 1 aromatic heterocycles. The van der Waals surface area contributed by atoms with Crippen molar-refractivity contribution in [3.8, 4) is 0 Å². The Morgan fingerprint density at radius 1 is 1.27 bits per heavy atom. The Balaban J connectivity index is 1.79. The van der Waals surface area contributed by atoms with Gasteiger partial charge in [-0.05, 0) is 36.8 Å². The zero-order valence-corrected chi connectivity index (χ0v) is 10.4. The van der Waals surface area contributed by atoms with Crippen LogP contribution in [0.1, 0.15) is 49.0 Å². The average Bonchev–Trinajstić information content (AvgIpc) is 2.53. The summed E-state index contributed by atoms with van der Waals surface area (Å²) in [6.45, 7) is 3.29. The summed E-state index contributed by atoms with van der Waals surface area (Å²) in [5, 5.41) is 5.91. The molecule has 0 spiro atoms. The minimum absolute atomic E-state index is 0.772. The molecule has 0 bridgehead atoms. The molecule has 1 nitrogen and oxygen atoms in total. The quantitative estimate of drug-likeness (QED) is 0.767. The molecule has 0 aliphatic heterocycles. The number of hydrogen-bond donors (Lipinski definition) is 1. The van der Waals surface area contributed by atoms with Gasteiger partial charge in [-0.25, -0.2) is 0 Å². The molecule has 0 aromatic carbocycles. The van der Waals surface area contributed by atoms with Crippen LogP contribution < -0.4 is 5.32 Å². The van der Waals surface area contributed by atoms with Crippen LogP contribution in [-0.2, 0) is 6.54 Å². The zero-order valence-electron chi connectivity index (χ0n) is 9.59. The second-order valence-electron chi connectivity index (χ2n) is 4.60. The van der Waals surface area contributed by atoms with Crippen LogP contribution in [0.4, 0.5) is 0 Å². The third kappa shape index (κ3) is 3.32. The molecule has 84 valence electrons. The topological polar surface area (TPSA) is 12.0 Å². The summed E-state index contributed by atoms with van der Waals surface area (Å²) < 4.78 is 0. The van der Waals surface area contributed by atoms with E-state index < -0.39 is 0 Å². The number of rotatable bonds is 3. The fraction of sp³-hybridized carbons (Fsp3) is 0.692. The Labute approximate surface area is 96.9 Å². The predicted octanol–water partition coefficient (Wildman–Crippen LogP) is 3.87. The van der Waals surface area contributed by atoms with Gasteiger partial charge in [0.15, 0.2) is 0 Å². The Kier molecular flexibility index (Phi) is 4.21. The lowest BCUT2D eigenvalue weighted by Crippen LogP contribution is -2.27. The van der Waals surface area contributed by atoms with Crippen molar-refractivity contribution in [1.29, 1.82) is 0 Å². The highest BCUT2D eigenvalue weighted by molar-refractivity contribution is 7.10. The first kappa shape index (κ1) is 11.2. The van der Waals surface area contributed by atoms with E-state index in [0.29, 0.717) is 0 Å². The van der Waals surface area contributed by atoms with E-state index in [2.05, 4.69) is 23.7 Å². The first-order valence-electron chi connectivity index (χ1n) is 6.12. The molecule has 1 heterocycles. The van der Waals surface area contributed by atoms with E-state index in [1.165, 1.54) is 49.0 Å². The number of hydrogen-bond acceptors (Lipinski definition) is 2. The van der Waals surface area contributed by atoms with Gasteiger partial charge < -0.3 is 5.32 Å². The summed E-state index contributed by atoms with van der Waals surface area (Å²) in [5.41, 5.74) is 1.45. The fourth-order valence-electron chi connectivity index (χ4n) is 2.31. The lowest BCUT2D eigenvalue weighted by atomic mass is 10.1.